The number of aliphatic imine (C=N–C) groups is 1. The molecule has 1 aromatic carbocycles. The molecule has 0 saturated carbocycles. The molecule has 4 unspecified atom stereocenters. The zero-order valence-electron chi connectivity index (χ0n) is 22.7. The minimum absolute atomic E-state index is 0.0198. The van der Waals surface area contributed by atoms with Crippen LogP contribution < -0.4 is 38.9 Å². The summed E-state index contributed by atoms with van der Waals surface area (Å²) in [6.07, 6.45) is 3.63. The summed E-state index contributed by atoms with van der Waals surface area (Å²) in [6.45, 7) is 2.10. The number of para-hydroxylation sites is 1. The van der Waals surface area contributed by atoms with E-state index in [4.69, 9.17) is 22.9 Å². The van der Waals surface area contributed by atoms with Crippen molar-refractivity contribution in [3.05, 3.63) is 36.0 Å². The predicted molar refractivity (Wildman–Crippen MR) is 152 cm³/mol. The molecule has 1 heterocycles. The Hall–Kier alpha value is -4.17. The van der Waals surface area contributed by atoms with Gasteiger partial charge in [0.25, 0.3) is 0 Å². The van der Waals surface area contributed by atoms with Gasteiger partial charge in [-0.25, -0.2) is 4.79 Å². The maximum atomic E-state index is 13.3. The molecule has 0 radical (unpaired) electrons. The van der Waals surface area contributed by atoms with E-state index in [1.165, 1.54) is 6.92 Å². The van der Waals surface area contributed by atoms with Gasteiger partial charge >= 0.3 is 5.97 Å². The number of carboxylic acid groups (broad SMARTS) is 1. The molecular weight excluding hydrogens is 518 g/mol. The number of carbonyl (C=O) groups excluding carboxylic acids is 3. The summed E-state index contributed by atoms with van der Waals surface area (Å²) in [5, 5.41) is 18.5. The van der Waals surface area contributed by atoms with E-state index >= 15 is 0 Å². The van der Waals surface area contributed by atoms with Crippen molar-refractivity contribution in [2.24, 2.45) is 27.9 Å². The van der Waals surface area contributed by atoms with Crippen LogP contribution in [-0.4, -0.2) is 77.0 Å². The Kier molecular flexibility index (Phi) is 12.9. The number of aromatic amines is 1. The Bertz CT molecular complexity index is 1180. The van der Waals surface area contributed by atoms with Gasteiger partial charge in [-0.05, 0) is 57.2 Å². The van der Waals surface area contributed by atoms with E-state index in [2.05, 4.69) is 25.9 Å². The number of amides is 3. The number of nitrogens with one attached hydrogen (secondary N) is 4. The maximum absolute atomic E-state index is 13.3. The number of aromatic nitrogens is 1. The molecule has 0 saturated heterocycles. The molecule has 2 aromatic rings. The van der Waals surface area contributed by atoms with Gasteiger partial charge < -0.3 is 49.0 Å². The number of hydrogen-bond donors (Lipinski definition) is 9. The van der Waals surface area contributed by atoms with E-state index in [1.807, 2.05) is 24.3 Å². The number of nitrogens with two attached hydrogens (primary N) is 4. The molecular formula is C26H41N9O5. The summed E-state index contributed by atoms with van der Waals surface area (Å²) < 4.78 is 0. The topological polar surface area (TPSA) is 257 Å². The summed E-state index contributed by atoms with van der Waals surface area (Å²) in [5.41, 5.74) is 23.5. The molecule has 4 atom stereocenters. The Morgan fingerprint density at radius 3 is 2.12 bits per heavy atom. The van der Waals surface area contributed by atoms with Crippen molar-refractivity contribution < 1.29 is 24.3 Å². The highest BCUT2D eigenvalue weighted by Crippen LogP contribution is 2.19. The number of carbonyl (C=O) groups is 4. The van der Waals surface area contributed by atoms with Gasteiger partial charge in [-0.2, -0.15) is 0 Å². The smallest absolute Gasteiger partial charge is 0.326 e. The largest absolute Gasteiger partial charge is 0.480 e. The molecule has 0 bridgehead atoms. The molecule has 0 spiro atoms. The summed E-state index contributed by atoms with van der Waals surface area (Å²) in [5.74, 6) is -3.16. The number of fused-ring (bicyclic) bond motifs is 1. The molecule has 0 fully saturated rings. The third kappa shape index (κ3) is 10.2. The molecule has 220 valence electrons. The standard InChI is InChI=1S/C26H41N9O5/c1-15(28)22(36)33-19(9-4-5-11-27)23(37)34-20(10-6-12-31-26(29)30)24(38)35-21(25(39)40)13-16-14-32-18-8-3-2-7-17(16)18/h2-3,7-8,14-15,19-21,32H,4-6,9-13,27-28H2,1H3,(H,33,36)(H,34,37)(H,35,38)(H,39,40)(H4,29,30,31). The number of H-pyrrole nitrogens is 1. The highest BCUT2D eigenvalue weighted by atomic mass is 16.4. The van der Waals surface area contributed by atoms with E-state index in [1.54, 1.807) is 6.20 Å². The van der Waals surface area contributed by atoms with Gasteiger partial charge in [0.15, 0.2) is 5.96 Å². The average Bonchev–Trinajstić information content (AvgIpc) is 3.31. The van der Waals surface area contributed by atoms with Crippen LogP contribution in [0.3, 0.4) is 0 Å². The molecule has 40 heavy (non-hydrogen) atoms. The van der Waals surface area contributed by atoms with Crippen LogP contribution >= 0.6 is 0 Å². The second-order valence-electron chi connectivity index (χ2n) is 9.61. The van der Waals surface area contributed by atoms with Crippen LogP contribution in [0.25, 0.3) is 10.9 Å². The number of benzene rings is 1. The van der Waals surface area contributed by atoms with E-state index in [0.717, 1.165) is 16.5 Å². The van der Waals surface area contributed by atoms with Crippen molar-refractivity contribution in [2.75, 3.05) is 13.1 Å². The first-order valence-corrected chi connectivity index (χ1v) is 13.2. The van der Waals surface area contributed by atoms with Gasteiger partial charge in [0, 0.05) is 30.1 Å². The number of aliphatic carboxylic acids is 1. The van der Waals surface area contributed by atoms with Crippen LogP contribution in [0, 0.1) is 0 Å². The first kappa shape index (κ1) is 32.0. The van der Waals surface area contributed by atoms with E-state index in [-0.39, 0.29) is 31.8 Å². The van der Waals surface area contributed by atoms with Crippen LogP contribution in [0.15, 0.2) is 35.5 Å². The third-order valence-corrected chi connectivity index (χ3v) is 6.29. The number of unbranched alkanes of at least 4 members (excludes halogenated alkanes) is 1. The molecule has 14 nitrogen and oxygen atoms in total. The first-order valence-electron chi connectivity index (χ1n) is 13.2. The summed E-state index contributed by atoms with van der Waals surface area (Å²) in [4.78, 5) is 57.8. The highest BCUT2D eigenvalue weighted by Gasteiger charge is 2.30. The summed E-state index contributed by atoms with van der Waals surface area (Å²) in [6, 6.07) is 3.24. The lowest BCUT2D eigenvalue weighted by molar-refractivity contribution is -0.142. The number of rotatable bonds is 17. The predicted octanol–water partition coefficient (Wildman–Crippen LogP) is -1.22. The van der Waals surface area contributed by atoms with Crippen molar-refractivity contribution in [3.63, 3.8) is 0 Å². The summed E-state index contributed by atoms with van der Waals surface area (Å²) in [7, 11) is 0. The monoisotopic (exact) mass is 559 g/mol. The normalized spacial score (nSPS) is 14.0. The van der Waals surface area contributed by atoms with Crippen molar-refractivity contribution in [3.8, 4) is 0 Å². The fourth-order valence-corrected chi connectivity index (χ4v) is 4.10. The lowest BCUT2D eigenvalue weighted by atomic mass is 10.0. The van der Waals surface area contributed by atoms with Crippen molar-refractivity contribution in [1.29, 1.82) is 0 Å². The Labute approximate surface area is 232 Å². The van der Waals surface area contributed by atoms with E-state index in [0.29, 0.717) is 25.8 Å². The van der Waals surface area contributed by atoms with E-state index in [9.17, 15) is 24.3 Å². The fraction of sp³-hybridized carbons (Fsp3) is 0.500. The number of nitrogens with zero attached hydrogens (tertiary/aromatic N) is 1. The molecule has 13 N–H and O–H groups in total. The lowest BCUT2D eigenvalue weighted by Crippen LogP contribution is -2.57. The molecule has 14 heteroatoms. The van der Waals surface area contributed by atoms with Gasteiger partial charge in [0.2, 0.25) is 17.7 Å². The minimum atomic E-state index is -1.26. The second kappa shape index (κ2) is 16.1. The van der Waals surface area contributed by atoms with Crippen LogP contribution in [0.1, 0.15) is 44.6 Å². The van der Waals surface area contributed by atoms with Crippen LogP contribution in [0.5, 0.6) is 0 Å². The zero-order valence-corrected chi connectivity index (χ0v) is 22.7. The van der Waals surface area contributed by atoms with Crippen LogP contribution in [-0.2, 0) is 25.6 Å². The molecule has 2 rings (SSSR count). The molecule has 0 aliphatic rings. The van der Waals surface area contributed by atoms with Crippen molar-refractivity contribution in [1.82, 2.24) is 20.9 Å². The molecule has 3 amide bonds. The quantitative estimate of drug-likeness (QED) is 0.0638. The van der Waals surface area contributed by atoms with Gasteiger partial charge in [-0.15, -0.1) is 0 Å². The van der Waals surface area contributed by atoms with Gasteiger partial charge in [0.1, 0.15) is 18.1 Å². The fourth-order valence-electron chi connectivity index (χ4n) is 4.10. The number of guanidine groups is 1. The molecule has 0 aliphatic heterocycles. The number of carboxylic acids is 1. The van der Waals surface area contributed by atoms with Gasteiger partial charge in [-0.1, -0.05) is 18.2 Å². The highest BCUT2D eigenvalue weighted by molar-refractivity contribution is 5.94. The van der Waals surface area contributed by atoms with Crippen LogP contribution in [0.4, 0.5) is 0 Å². The minimum Gasteiger partial charge on any atom is -0.480 e. The first-order chi connectivity index (χ1) is 19.0. The lowest BCUT2D eigenvalue weighted by Gasteiger charge is -2.25. The summed E-state index contributed by atoms with van der Waals surface area (Å²) >= 11 is 0. The Morgan fingerprint density at radius 2 is 1.52 bits per heavy atom. The molecule has 1 aromatic heterocycles. The molecule has 0 aliphatic carbocycles. The van der Waals surface area contributed by atoms with Crippen molar-refractivity contribution >= 4 is 40.6 Å². The Balaban J connectivity index is 2.20. The SMILES string of the molecule is CC(N)C(=O)NC(CCCCN)C(=O)NC(CCCN=C(N)N)C(=O)NC(Cc1c[nH]c2ccccc12)C(=O)O. The van der Waals surface area contributed by atoms with Crippen LogP contribution in [0.2, 0.25) is 0 Å². The number of hydrogen-bond acceptors (Lipinski definition) is 7. The zero-order chi connectivity index (χ0) is 29.7. The van der Waals surface area contributed by atoms with Gasteiger partial charge in [0.05, 0.1) is 6.04 Å². The third-order valence-electron chi connectivity index (χ3n) is 6.29. The maximum Gasteiger partial charge on any atom is 0.326 e. The van der Waals surface area contributed by atoms with E-state index < -0.39 is 47.9 Å². The van der Waals surface area contributed by atoms with Gasteiger partial charge in [-0.3, -0.25) is 19.4 Å². The Morgan fingerprint density at radius 1 is 0.925 bits per heavy atom. The average molecular weight is 560 g/mol. The van der Waals surface area contributed by atoms with Crippen molar-refractivity contribution in [2.45, 2.75) is 69.6 Å². The second-order valence-corrected chi connectivity index (χ2v) is 9.61.